The summed E-state index contributed by atoms with van der Waals surface area (Å²) in [6.07, 6.45) is 0.589. The number of halogens is 1. The molecule has 7 heteroatoms. The predicted molar refractivity (Wildman–Crippen MR) is 94.0 cm³/mol. The fourth-order valence-corrected chi connectivity index (χ4v) is 2.60. The number of amides is 2. The number of likely N-dealkylation sites (N-methyl/N-ethyl adjacent to an activating group) is 1. The number of benzene rings is 1. The van der Waals surface area contributed by atoms with E-state index in [1.54, 1.807) is 13.0 Å². The third-order valence-electron chi connectivity index (χ3n) is 4.60. The van der Waals surface area contributed by atoms with Crippen LogP contribution in [0.2, 0.25) is 0 Å². The van der Waals surface area contributed by atoms with E-state index >= 15 is 0 Å². The molecule has 1 aromatic carbocycles. The Morgan fingerprint density at radius 1 is 1.33 bits per heavy atom. The number of aliphatic hydroxyl groups excluding tert-OH is 1. The number of nitrogens with zero attached hydrogens (tertiary/aromatic N) is 2. The molecular formula is C17H27FN4O2. The smallest absolute Gasteiger partial charge is 0.319 e. The van der Waals surface area contributed by atoms with Crippen LogP contribution in [0, 0.1) is 5.82 Å². The molecule has 0 aromatic heterocycles. The van der Waals surface area contributed by atoms with Gasteiger partial charge in [-0.2, -0.15) is 0 Å². The Labute approximate surface area is 142 Å². The monoisotopic (exact) mass is 338 g/mol. The first-order chi connectivity index (χ1) is 11.4. The van der Waals surface area contributed by atoms with Crippen LogP contribution in [-0.2, 0) is 0 Å². The lowest BCUT2D eigenvalue weighted by molar-refractivity contribution is 0.172. The molecule has 1 aromatic rings. The number of anilines is 2. The van der Waals surface area contributed by atoms with Gasteiger partial charge in [-0.1, -0.05) is 6.92 Å². The minimum Gasteiger partial charge on any atom is -0.394 e. The summed E-state index contributed by atoms with van der Waals surface area (Å²) in [6.45, 7) is 6.96. The van der Waals surface area contributed by atoms with Crippen molar-refractivity contribution in [1.29, 1.82) is 0 Å². The quantitative estimate of drug-likeness (QED) is 0.767. The molecule has 1 saturated heterocycles. The number of urea groups is 1. The Hall–Kier alpha value is -1.86. The van der Waals surface area contributed by atoms with Crippen molar-refractivity contribution in [3.8, 4) is 0 Å². The van der Waals surface area contributed by atoms with Gasteiger partial charge in [0.1, 0.15) is 5.82 Å². The van der Waals surface area contributed by atoms with Gasteiger partial charge < -0.3 is 25.5 Å². The molecule has 0 aliphatic carbocycles. The van der Waals surface area contributed by atoms with Gasteiger partial charge in [0.15, 0.2) is 0 Å². The predicted octanol–water partition coefficient (Wildman–Crippen LogP) is 1.86. The van der Waals surface area contributed by atoms with Crippen LogP contribution in [0.1, 0.15) is 20.3 Å². The van der Waals surface area contributed by atoms with Gasteiger partial charge in [-0.15, -0.1) is 0 Å². The van der Waals surface area contributed by atoms with E-state index in [-0.39, 0.29) is 6.61 Å². The fraction of sp³-hybridized carbons (Fsp3) is 0.588. The number of hydrogen-bond donors (Lipinski definition) is 3. The third kappa shape index (κ3) is 4.58. The molecule has 1 atom stereocenters. The molecule has 1 aliphatic rings. The maximum Gasteiger partial charge on any atom is 0.319 e. The summed E-state index contributed by atoms with van der Waals surface area (Å²) >= 11 is 0. The lowest BCUT2D eigenvalue weighted by Crippen LogP contribution is -2.50. The molecule has 0 radical (unpaired) electrons. The molecule has 1 heterocycles. The van der Waals surface area contributed by atoms with Crippen molar-refractivity contribution in [3.63, 3.8) is 0 Å². The second-order valence-corrected chi connectivity index (χ2v) is 6.60. The van der Waals surface area contributed by atoms with Crippen molar-refractivity contribution in [3.05, 3.63) is 24.0 Å². The van der Waals surface area contributed by atoms with Gasteiger partial charge in [-0.05, 0) is 38.6 Å². The number of carbonyl (C=O) groups excluding carboxylic acids is 1. The average molecular weight is 338 g/mol. The van der Waals surface area contributed by atoms with Crippen molar-refractivity contribution in [2.45, 2.75) is 25.8 Å². The number of piperazine rings is 1. The lowest BCUT2D eigenvalue weighted by atomic mass is 10.0. The van der Waals surface area contributed by atoms with Crippen LogP contribution in [0.3, 0.4) is 0 Å². The van der Waals surface area contributed by atoms with E-state index in [1.165, 1.54) is 12.1 Å². The Kier molecular flexibility index (Phi) is 6.01. The molecule has 3 N–H and O–H groups in total. The van der Waals surface area contributed by atoms with Gasteiger partial charge in [0, 0.05) is 26.2 Å². The van der Waals surface area contributed by atoms with Crippen LogP contribution >= 0.6 is 0 Å². The number of carbonyl (C=O) groups is 1. The molecule has 1 aliphatic heterocycles. The molecule has 0 unspecified atom stereocenters. The molecule has 2 amide bonds. The normalized spacial score (nSPS) is 18.1. The molecule has 2 rings (SSSR count). The summed E-state index contributed by atoms with van der Waals surface area (Å²) in [5, 5.41) is 14.9. The molecule has 24 heavy (non-hydrogen) atoms. The summed E-state index contributed by atoms with van der Waals surface area (Å²) in [5.41, 5.74) is 0.543. The first kappa shape index (κ1) is 18.5. The summed E-state index contributed by atoms with van der Waals surface area (Å²) in [6, 6.07) is 3.98. The van der Waals surface area contributed by atoms with E-state index in [4.69, 9.17) is 0 Å². The maximum absolute atomic E-state index is 13.7. The van der Waals surface area contributed by atoms with Gasteiger partial charge in [0.25, 0.3) is 0 Å². The largest absolute Gasteiger partial charge is 0.394 e. The molecule has 0 spiro atoms. The molecule has 0 bridgehead atoms. The summed E-state index contributed by atoms with van der Waals surface area (Å²) in [7, 11) is 2.06. The zero-order chi connectivity index (χ0) is 17.7. The van der Waals surface area contributed by atoms with Gasteiger partial charge >= 0.3 is 6.03 Å². The summed E-state index contributed by atoms with van der Waals surface area (Å²) < 4.78 is 13.7. The SMILES string of the molecule is CC[C@](C)(CO)NC(=O)Nc1cc(F)ccc1N1CCN(C)CC1. The molecule has 0 saturated carbocycles. The van der Waals surface area contributed by atoms with Gasteiger partial charge in [-0.3, -0.25) is 0 Å². The van der Waals surface area contributed by atoms with Crippen LogP contribution in [0.25, 0.3) is 0 Å². The highest BCUT2D eigenvalue weighted by atomic mass is 19.1. The van der Waals surface area contributed by atoms with E-state index in [9.17, 15) is 14.3 Å². The van der Waals surface area contributed by atoms with E-state index in [2.05, 4.69) is 27.5 Å². The highest BCUT2D eigenvalue weighted by Gasteiger charge is 2.24. The number of rotatable bonds is 5. The van der Waals surface area contributed by atoms with Crippen LogP contribution in [0.4, 0.5) is 20.6 Å². The van der Waals surface area contributed by atoms with Crippen molar-refractivity contribution in [1.82, 2.24) is 10.2 Å². The van der Waals surface area contributed by atoms with Crippen molar-refractivity contribution in [2.24, 2.45) is 0 Å². The van der Waals surface area contributed by atoms with Gasteiger partial charge in [-0.25, -0.2) is 9.18 Å². The second-order valence-electron chi connectivity index (χ2n) is 6.60. The van der Waals surface area contributed by atoms with Crippen LogP contribution in [0.15, 0.2) is 18.2 Å². The number of aliphatic hydroxyl groups is 1. The minimum absolute atomic E-state index is 0.161. The Bertz CT molecular complexity index is 570. The van der Waals surface area contributed by atoms with E-state index < -0.39 is 17.4 Å². The second kappa shape index (κ2) is 7.81. The first-order valence-electron chi connectivity index (χ1n) is 8.30. The van der Waals surface area contributed by atoms with E-state index in [1.807, 2.05) is 6.92 Å². The topological polar surface area (TPSA) is 67.8 Å². The van der Waals surface area contributed by atoms with E-state index in [0.29, 0.717) is 12.1 Å². The highest BCUT2D eigenvalue weighted by Crippen LogP contribution is 2.28. The van der Waals surface area contributed by atoms with Gasteiger partial charge in [0.05, 0.1) is 23.5 Å². The standard InChI is InChI=1S/C17H27FN4O2/c1-4-17(2,12-23)20-16(24)19-14-11-13(18)5-6-15(14)22-9-7-21(3)8-10-22/h5-6,11,23H,4,7-10,12H2,1-3H3,(H2,19,20,24)/t17-/m1/s1. The summed E-state index contributed by atoms with van der Waals surface area (Å²) in [4.78, 5) is 16.6. The van der Waals surface area contributed by atoms with E-state index in [0.717, 1.165) is 31.9 Å². The molecule has 1 fully saturated rings. The first-order valence-corrected chi connectivity index (χ1v) is 8.30. The Morgan fingerprint density at radius 2 is 2.00 bits per heavy atom. The lowest BCUT2D eigenvalue weighted by Gasteiger charge is -2.35. The molecule has 134 valence electrons. The minimum atomic E-state index is -0.703. The van der Waals surface area contributed by atoms with Crippen molar-refractivity contribution in [2.75, 3.05) is 50.1 Å². The Morgan fingerprint density at radius 3 is 2.58 bits per heavy atom. The van der Waals surface area contributed by atoms with Gasteiger partial charge in [0.2, 0.25) is 0 Å². The maximum atomic E-state index is 13.7. The Balaban J connectivity index is 2.14. The van der Waals surface area contributed by atoms with Crippen molar-refractivity contribution < 1.29 is 14.3 Å². The number of nitrogens with one attached hydrogen (secondary N) is 2. The van der Waals surface area contributed by atoms with Crippen LogP contribution in [-0.4, -0.2) is 61.4 Å². The van der Waals surface area contributed by atoms with Crippen LogP contribution in [0.5, 0.6) is 0 Å². The highest BCUT2D eigenvalue weighted by molar-refractivity contribution is 5.93. The average Bonchev–Trinajstić information content (AvgIpc) is 2.56. The summed E-state index contributed by atoms with van der Waals surface area (Å²) in [5.74, 6) is -0.399. The molecule has 6 nitrogen and oxygen atoms in total. The zero-order valence-electron chi connectivity index (χ0n) is 14.6. The van der Waals surface area contributed by atoms with Crippen LogP contribution < -0.4 is 15.5 Å². The van der Waals surface area contributed by atoms with Crippen molar-refractivity contribution >= 4 is 17.4 Å². The fourth-order valence-electron chi connectivity index (χ4n) is 2.60. The third-order valence-corrected chi connectivity index (χ3v) is 4.60. The molecular weight excluding hydrogens is 311 g/mol. The zero-order valence-corrected chi connectivity index (χ0v) is 14.6. The number of hydrogen-bond acceptors (Lipinski definition) is 4.